The zero-order valence-electron chi connectivity index (χ0n) is 18.4. The summed E-state index contributed by atoms with van der Waals surface area (Å²) in [4.78, 5) is 20.2. The van der Waals surface area contributed by atoms with E-state index in [0.29, 0.717) is 28.1 Å². The molecule has 1 saturated heterocycles. The summed E-state index contributed by atoms with van der Waals surface area (Å²) in [6.07, 6.45) is 1.93. The molecule has 0 bridgehead atoms. The second kappa shape index (κ2) is 9.39. The van der Waals surface area contributed by atoms with Crippen LogP contribution in [0.4, 0.5) is 5.69 Å². The molecular formula is C24H28N2O3S. The molecule has 0 aliphatic carbocycles. The molecule has 0 radical (unpaired) electrons. The second-order valence-corrected chi connectivity index (χ2v) is 8.38. The highest BCUT2D eigenvalue weighted by atomic mass is 32.2. The number of benzene rings is 2. The summed E-state index contributed by atoms with van der Waals surface area (Å²) in [5.74, 6) is 1.30. The fourth-order valence-corrected chi connectivity index (χ4v) is 4.27. The molecule has 1 amide bonds. The Morgan fingerprint density at radius 1 is 1.13 bits per heavy atom. The Morgan fingerprint density at radius 3 is 2.43 bits per heavy atom. The first-order valence-corrected chi connectivity index (χ1v) is 10.9. The van der Waals surface area contributed by atoms with Crippen LogP contribution in [-0.4, -0.2) is 35.7 Å². The van der Waals surface area contributed by atoms with Crippen molar-refractivity contribution < 1.29 is 14.3 Å². The van der Waals surface area contributed by atoms with Gasteiger partial charge in [-0.2, -0.15) is 0 Å². The topological polar surface area (TPSA) is 51.1 Å². The van der Waals surface area contributed by atoms with E-state index in [-0.39, 0.29) is 12.0 Å². The quantitative estimate of drug-likeness (QED) is 0.556. The molecule has 0 atom stereocenters. The minimum Gasteiger partial charge on any atom is -0.493 e. The number of amidine groups is 1. The van der Waals surface area contributed by atoms with Gasteiger partial charge in [-0.1, -0.05) is 24.3 Å². The van der Waals surface area contributed by atoms with E-state index in [1.54, 1.807) is 12.0 Å². The standard InChI is InChI=1S/C24H28N2O3S/c1-7-26-23(27)21(30-24(26)25-22-16(4)9-8-10-17(22)5)14-18-11-12-19(29-15(2)3)20(13-18)28-6/h8-15H,7H2,1-6H3/b21-14+,25-24?. The number of aryl methyl sites for hydroxylation is 2. The molecule has 158 valence electrons. The monoisotopic (exact) mass is 424 g/mol. The average molecular weight is 425 g/mol. The van der Waals surface area contributed by atoms with Gasteiger partial charge >= 0.3 is 0 Å². The van der Waals surface area contributed by atoms with E-state index < -0.39 is 0 Å². The first-order valence-electron chi connectivity index (χ1n) is 10.0. The summed E-state index contributed by atoms with van der Waals surface area (Å²) in [5.41, 5.74) is 3.98. The van der Waals surface area contributed by atoms with E-state index in [2.05, 4.69) is 0 Å². The van der Waals surface area contributed by atoms with Crippen LogP contribution in [0.3, 0.4) is 0 Å². The molecule has 1 heterocycles. The smallest absolute Gasteiger partial charge is 0.266 e. The van der Waals surface area contributed by atoms with Gasteiger partial charge in [0.2, 0.25) is 0 Å². The first kappa shape index (κ1) is 22.0. The fourth-order valence-electron chi connectivity index (χ4n) is 3.22. The lowest BCUT2D eigenvalue weighted by molar-refractivity contribution is -0.122. The number of nitrogens with zero attached hydrogens (tertiary/aromatic N) is 2. The van der Waals surface area contributed by atoms with E-state index >= 15 is 0 Å². The summed E-state index contributed by atoms with van der Waals surface area (Å²) < 4.78 is 11.2. The molecule has 0 aromatic heterocycles. The molecule has 1 aliphatic rings. The number of amides is 1. The number of carbonyl (C=O) groups excluding carboxylic acids is 1. The molecule has 0 saturated carbocycles. The highest BCUT2D eigenvalue weighted by Gasteiger charge is 2.32. The Balaban J connectivity index is 1.95. The third-order valence-corrected chi connectivity index (χ3v) is 5.71. The Bertz CT molecular complexity index is 991. The fraction of sp³-hybridized carbons (Fsp3) is 0.333. The highest BCUT2D eigenvalue weighted by Crippen LogP contribution is 2.37. The van der Waals surface area contributed by atoms with Gasteiger partial charge in [0, 0.05) is 6.54 Å². The maximum atomic E-state index is 13.0. The van der Waals surface area contributed by atoms with Gasteiger partial charge in [0.25, 0.3) is 5.91 Å². The molecule has 30 heavy (non-hydrogen) atoms. The summed E-state index contributed by atoms with van der Waals surface area (Å²) in [7, 11) is 1.61. The van der Waals surface area contributed by atoms with Crippen molar-refractivity contribution in [1.82, 2.24) is 4.90 Å². The molecule has 0 spiro atoms. The van der Waals surface area contributed by atoms with Crippen LogP contribution >= 0.6 is 11.8 Å². The second-order valence-electron chi connectivity index (χ2n) is 7.37. The van der Waals surface area contributed by atoms with E-state index in [1.807, 2.05) is 77.1 Å². The zero-order valence-corrected chi connectivity index (χ0v) is 19.2. The van der Waals surface area contributed by atoms with Gasteiger partial charge in [0.05, 0.1) is 23.8 Å². The maximum Gasteiger partial charge on any atom is 0.266 e. The molecule has 2 aromatic carbocycles. The molecule has 1 aliphatic heterocycles. The third kappa shape index (κ3) is 4.70. The number of likely N-dealkylation sites (N-methyl/N-ethyl adjacent to an activating group) is 1. The van der Waals surface area contributed by atoms with Crippen LogP contribution in [0.5, 0.6) is 11.5 Å². The number of hydrogen-bond donors (Lipinski definition) is 0. The summed E-state index contributed by atoms with van der Waals surface area (Å²) in [6.45, 7) is 10.5. The number of ether oxygens (including phenoxy) is 2. The van der Waals surface area contributed by atoms with Crippen LogP contribution < -0.4 is 9.47 Å². The molecule has 3 rings (SSSR count). The number of methoxy groups -OCH3 is 1. The van der Waals surface area contributed by atoms with Crippen LogP contribution in [0, 0.1) is 13.8 Å². The van der Waals surface area contributed by atoms with Crippen molar-refractivity contribution in [3.05, 3.63) is 58.0 Å². The normalized spacial score (nSPS) is 16.8. The average Bonchev–Trinajstić information content (AvgIpc) is 2.99. The van der Waals surface area contributed by atoms with Crippen LogP contribution in [0.2, 0.25) is 0 Å². The Hall–Kier alpha value is -2.73. The van der Waals surface area contributed by atoms with Gasteiger partial charge in [-0.15, -0.1) is 0 Å². The van der Waals surface area contributed by atoms with Gasteiger partial charge in [0.1, 0.15) is 0 Å². The van der Waals surface area contributed by atoms with Gasteiger partial charge in [-0.05, 0) is 81.3 Å². The van der Waals surface area contributed by atoms with Gasteiger partial charge in [-0.3, -0.25) is 9.69 Å². The lowest BCUT2D eigenvalue weighted by atomic mass is 10.1. The predicted molar refractivity (Wildman–Crippen MR) is 125 cm³/mol. The van der Waals surface area contributed by atoms with Crippen molar-refractivity contribution >= 4 is 34.6 Å². The lowest BCUT2D eigenvalue weighted by Crippen LogP contribution is -2.28. The van der Waals surface area contributed by atoms with E-state index in [4.69, 9.17) is 14.5 Å². The van der Waals surface area contributed by atoms with Crippen LogP contribution in [0.15, 0.2) is 46.3 Å². The van der Waals surface area contributed by atoms with Crippen molar-refractivity contribution in [1.29, 1.82) is 0 Å². The van der Waals surface area contributed by atoms with Crippen LogP contribution in [0.1, 0.15) is 37.5 Å². The van der Waals surface area contributed by atoms with E-state index in [1.165, 1.54) is 11.8 Å². The summed E-state index contributed by atoms with van der Waals surface area (Å²) in [5, 5.41) is 0.706. The number of para-hydroxylation sites is 1. The molecule has 0 unspecified atom stereocenters. The highest BCUT2D eigenvalue weighted by molar-refractivity contribution is 8.18. The molecule has 0 N–H and O–H groups in total. The van der Waals surface area contributed by atoms with Crippen molar-refractivity contribution in [2.24, 2.45) is 4.99 Å². The SMILES string of the molecule is CCN1C(=O)/C(=C\c2ccc(OC(C)C)c(OC)c2)SC1=Nc1c(C)cccc1C. The van der Waals surface area contributed by atoms with Crippen LogP contribution in [0.25, 0.3) is 6.08 Å². The zero-order chi connectivity index (χ0) is 21.8. The van der Waals surface area contributed by atoms with Crippen molar-refractivity contribution in [3.8, 4) is 11.5 Å². The maximum absolute atomic E-state index is 13.0. The Kier molecular flexibility index (Phi) is 6.87. The van der Waals surface area contributed by atoms with Crippen molar-refractivity contribution in [2.75, 3.05) is 13.7 Å². The minimum absolute atomic E-state index is 0.0334. The van der Waals surface area contributed by atoms with Crippen LogP contribution in [-0.2, 0) is 4.79 Å². The van der Waals surface area contributed by atoms with Crippen molar-refractivity contribution in [3.63, 3.8) is 0 Å². The van der Waals surface area contributed by atoms with Gasteiger partial charge in [0.15, 0.2) is 16.7 Å². The van der Waals surface area contributed by atoms with E-state index in [0.717, 1.165) is 22.4 Å². The lowest BCUT2D eigenvalue weighted by Gasteiger charge is -2.14. The number of aliphatic imine (C=N–C) groups is 1. The molecular weight excluding hydrogens is 396 g/mol. The Labute approximate surface area is 182 Å². The largest absolute Gasteiger partial charge is 0.493 e. The number of rotatable bonds is 6. The molecule has 1 fully saturated rings. The number of thioether (sulfide) groups is 1. The predicted octanol–water partition coefficient (Wildman–Crippen LogP) is 5.72. The third-order valence-electron chi connectivity index (χ3n) is 4.70. The Morgan fingerprint density at radius 2 is 1.83 bits per heavy atom. The van der Waals surface area contributed by atoms with Crippen molar-refractivity contribution in [2.45, 2.75) is 40.7 Å². The summed E-state index contributed by atoms with van der Waals surface area (Å²) >= 11 is 1.40. The number of hydrogen-bond acceptors (Lipinski definition) is 5. The molecule has 2 aromatic rings. The van der Waals surface area contributed by atoms with Gasteiger partial charge < -0.3 is 9.47 Å². The first-order chi connectivity index (χ1) is 14.3. The molecule has 5 nitrogen and oxygen atoms in total. The minimum atomic E-state index is -0.0334. The molecule has 6 heteroatoms. The summed E-state index contributed by atoms with van der Waals surface area (Å²) in [6, 6.07) is 11.8. The number of carbonyl (C=O) groups is 1. The van der Waals surface area contributed by atoms with Gasteiger partial charge in [-0.25, -0.2) is 4.99 Å². The van der Waals surface area contributed by atoms with E-state index in [9.17, 15) is 4.79 Å².